The predicted molar refractivity (Wildman–Crippen MR) is 57.5 cm³/mol. The lowest BCUT2D eigenvalue weighted by atomic mass is 9.99. The summed E-state index contributed by atoms with van der Waals surface area (Å²) in [5.74, 6) is 0.353. The maximum absolute atomic E-state index is 13.3. The minimum absolute atomic E-state index is 0.0937. The van der Waals surface area contributed by atoms with Gasteiger partial charge in [0.05, 0.1) is 7.11 Å². The first-order chi connectivity index (χ1) is 7.04. The number of nitrogens with two attached hydrogens (primary N) is 1. The van der Waals surface area contributed by atoms with Crippen LogP contribution in [0.15, 0.2) is 12.1 Å². The van der Waals surface area contributed by atoms with Gasteiger partial charge >= 0.3 is 0 Å². The molecule has 82 valence electrons. The zero-order chi connectivity index (χ0) is 11.1. The van der Waals surface area contributed by atoms with E-state index in [2.05, 4.69) is 0 Å². The summed E-state index contributed by atoms with van der Waals surface area (Å²) in [6.45, 7) is 1.94. The van der Waals surface area contributed by atoms with Crippen LogP contribution in [-0.4, -0.2) is 12.6 Å². The van der Waals surface area contributed by atoms with E-state index in [9.17, 15) is 4.39 Å². The van der Waals surface area contributed by atoms with Crippen LogP contribution < -0.4 is 10.5 Å². The van der Waals surface area contributed by atoms with Gasteiger partial charge in [0.1, 0.15) is 11.6 Å². The first-order valence-corrected chi connectivity index (χ1v) is 5.16. The third-order valence-electron chi connectivity index (χ3n) is 3.09. The van der Waals surface area contributed by atoms with Gasteiger partial charge in [-0.15, -0.1) is 0 Å². The van der Waals surface area contributed by atoms with Gasteiger partial charge in [-0.2, -0.15) is 0 Å². The fraction of sp³-hybridized carbons (Fsp3) is 0.500. The molecule has 0 unspecified atom stereocenters. The Hall–Kier alpha value is -1.09. The van der Waals surface area contributed by atoms with Crippen molar-refractivity contribution in [2.24, 2.45) is 5.73 Å². The molecular formula is C12H16FNO. The second-order valence-electron chi connectivity index (χ2n) is 4.43. The van der Waals surface area contributed by atoms with Crippen LogP contribution in [0.1, 0.15) is 24.0 Å². The molecule has 0 radical (unpaired) electrons. The highest BCUT2D eigenvalue weighted by Crippen LogP contribution is 2.37. The van der Waals surface area contributed by atoms with E-state index in [1.807, 2.05) is 6.92 Å². The number of hydrogen-bond acceptors (Lipinski definition) is 2. The number of rotatable bonds is 3. The van der Waals surface area contributed by atoms with Gasteiger partial charge in [0.15, 0.2) is 0 Å². The molecule has 0 aromatic heterocycles. The van der Waals surface area contributed by atoms with Crippen LogP contribution in [0, 0.1) is 12.7 Å². The Bertz CT molecular complexity index is 385. The van der Waals surface area contributed by atoms with Gasteiger partial charge in [0, 0.05) is 11.6 Å². The Kier molecular flexibility index (Phi) is 2.43. The summed E-state index contributed by atoms with van der Waals surface area (Å²) in [7, 11) is 1.56. The number of hydrogen-bond donors (Lipinski definition) is 1. The Morgan fingerprint density at radius 3 is 2.67 bits per heavy atom. The molecule has 2 nitrogen and oxygen atoms in total. The van der Waals surface area contributed by atoms with Crippen molar-refractivity contribution < 1.29 is 9.13 Å². The molecule has 1 saturated carbocycles. The second kappa shape index (κ2) is 3.49. The molecule has 3 heteroatoms. The van der Waals surface area contributed by atoms with Crippen molar-refractivity contribution in [1.82, 2.24) is 0 Å². The average Bonchev–Trinajstić information content (AvgIpc) is 2.89. The fourth-order valence-electron chi connectivity index (χ4n) is 1.82. The predicted octanol–water partition coefficient (Wildman–Crippen LogP) is 2.18. The number of ether oxygens (including phenoxy) is 1. The summed E-state index contributed by atoms with van der Waals surface area (Å²) in [5.41, 5.74) is 7.89. The van der Waals surface area contributed by atoms with Gasteiger partial charge in [-0.1, -0.05) is 0 Å². The van der Waals surface area contributed by atoms with Gasteiger partial charge < -0.3 is 10.5 Å². The normalized spacial score (nSPS) is 17.6. The Morgan fingerprint density at radius 2 is 2.13 bits per heavy atom. The molecule has 1 aromatic rings. The van der Waals surface area contributed by atoms with Crippen molar-refractivity contribution in [2.75, 3.05) is 7.11 Å². The maximum atomic E-state index is 13.3. The third kappa shape index (κ3) is 2.12. The smallest absolute Gasteiger partial charge is 0.127 e. The largest absolute Gasteiger partial charge is 0.496 e. The molecule has 1 fully saturated rings. The van der Waals surface area contributed by atoms with Gasteiger partial charge in [-0.3, -0.25) is 0 Å². The van der Waals surface area contributed by atoms with E-state index in [-0.39, 0.29) is 11.4 Å². The molecule has 1 aliphatic rings. The van der Waals surface area contributed by atoms with E-state index >= 15 is 0 Å². The van der Waals surface area contributed by atoms with E-state index in [4.69, 9.17) is 10.5 Å². The van der Waals surface area contributed by atoms with Crippen molar-refractivity contribution in [3.8, 4) is 5.75 Å². The van der Waals surface area contributed by atoms with Crippen LogP contribution in [0.2, 0.25) is 0 Å². The van der Waals surface area contributed by atoms with Crippen molar-refractivity contribution in [3.63, 3.8) is 0 Å². The summed E-state index contributed by atoms with van der Waals surface area (Å²) in [6, 6.07) is 2.97. The van der Waals surface area contributed by atoms with Crippen LogP contribution in [-0.2, 0) is 6.42 Å². The molecule has 0 aliphatic heterocycles. The van der Waals surface area contributed by atoms with Gasteiger partial charge in [-0.05, 0) is 43.4 Å². The lowest BCUT2D eigenvalue weighted by Crippen LogP contribution is -2.25. The van der Waals surface area contributed by atoms with Gasteiger partial charge in [0.2, 0.25) is 0 Å². The van der Waals surface area contributed by atoms with Crippen molar-refractivity contribution >= 4 is 0 Å². The average molecular weight is 209 g/mol. The lowest BCUT2D eigenvalue weighted by Gasteiger charge is -2.14. The van der Waals surface area contributed by atoms with Crippen molar-refractivity contribution in [1.29, 1.82) is 0 Å². The van der Waals surface area contributed by atoms with E-state index in [1.54, 1.807) is 13.2 Å². The van der Waals surface area contributed by atoms with Crippen LogP contribution in [0.25, 0.3) is 0 Å². The van der Waals surface area contributed by atoms with Crippen LogP contribution in [0.3, 0.4) is 0 Å². The molecular weight excluding hydrogens is 193 g/mol. The molecule has 1 aliphatic carbocycles. The molecule has 0 saturated heterocycles. The molecule has 2 rings (SSSR count). The van der Waals surface area contributed by atoms with E-state index in [0.717, 1.165) is 30.4 Å². The Balaban J connectivity index is 2.32. The zero-order valence-corrected chi connectivity index (χ0v) is 9.14. The molecule has 1 aromatic carbocycles. The minimum atomic E-state index is -0.253. The van der Waals surface area contributed by atoms with E-state index in [1.165, 1.54) is 6.07 Å². The zero-order valence-electron chi connectivity index (χ0n) is 9.14. The first-order valence-electron chi connectivity index (χ1n) is 5.16. The highest BCUT2D eigenvalue weighted by Gasteiger charge is 2.38. The standard InChI is InChI=1S/C12H16FNO/c1-8-9(7-12(14)3-4-12)5-10(13)6-11(8)15-2/h5-6H,3-4,7,14H2,1-2H3. The second-order valence-corrected chi connectivity index (χ2v) is 4.43. The molecule has 0 amide bonds. The summed E-state index contributed by atoms with van der Waals surface area (Å²) < 4.78 is 18.4. The summed E-state index contributed by atoms with van der Waals surface area (Å²) >= 11 is 0. The molecule has 15 heavy (non-hydrogen) atoms. The topological polar surface area (TPSA) is 35.2 Å². The fourth-order valence-corrected chi connectivity index (χ4v) is 1.82. The molecule has 0 atom stereocenters. The van der Waals surface area contributed by atoms with Crippen LogP contribution in [0.4, 0.5) is 4.39 Å². The Morgan fingerprint density at radius 1 is 1.47 bits per heavy atom. The molecule has 0 heterocycles. The summed E-state index contributed by atoms with van der Waals surface area (Å²) in [5, 5.41) is 0. The van der Waals surface area contributed by atoms with Gasteiger partial charge in [-0.25, -0.2) is 4.39 Å². The van der Waals surface area contributed by atoms with Crippen molar-refractivity contribution in [2.45, 2.75) is 31.7 Å². The quantitative estimate of drug-likeness (QED) is 0.828. The van der Waals surface area contributed by atoms with E-state index in [0.29, 0.717) is 5.75 Å². The number of halogens is 1. The Labute approximate surface area is 89.2 Å². The minimum Gasteiger partial charge on any atom is -0.496 e. The lowest BCUT2D eigenvalue weighted by molar-refractivity contribution is 0.407. The molecule has 0 spiro atoms. The van der Waals surface area contributed by atoms with E-state index < -0.39 is 0 Å². The summed E-state index contributed by atoms with van der Waals surface area (Å²) in [4.78, 5) is 0. The monoisotopic (exact) mass is 209 g/mol. The van der Waals surface area contributed by atoms with Gasteiger partial charge in [0.25, 0.3) is 0 Å². The third-order valence-corrected chi connectivity index (χ3v) is 3.09. The van der Waals surface area contributed by atoms with Crippen molar-refractivity contribution in [3.05, 3.63) is 29.1 Å². The first kappa shape index (κ1) is 10.4. The highest BCUT2D eigenvalue weighted by molar-refractivity contribution is 5.41. The molecule has 0 bridgehead atoms. The highest BCUT2D eigenvalue weighted by atomic mass is 19.1. The maximum Gasteiger partial charge on any atom is 0.127 e. The number of methoxy groups -OCH3 is 1. The number of benzene rings is 1. The SMILES string of the molecule is COc1cc(F)cc(CC2(N)CC2)c1C. The summed E-state index contributed by atoms with van der Waals surface area (Å²) in [6.07, 6.45) is 2.81. The molecule has 2 N–H and O–H groups in total. The van der Waals surface area contributed by atoms with Crippen LogP contribution >= 0.6 is 0 Å². The van der Waals surface area contributed by atoms with Crippen LogP contribution in [0.5, 0.6) is 5.75 Å².